The highest BCUT2D eigenvalue weighted by Gasteiger charge is 2.17. The molecule has 1 nitrogen and oxygen atoms in total. The summed E-state index contributed by atoms with van der Waals surface area (Å²) in [6.45, 7) is 4.09. The minimum atomic E-state index is -0.0839. The van der Waals surface area contributed by atoms with Gasteiger partial charge in [0, 0.05) is 4.47 Å². The minimum Gasteiger partial charge on any atom is -0.316 e. The highest BCUT2D eigenvalue weighted by molar-refractivity contribution is 9.10. The second-order valence-corrected chi connectivity index (χ2v) is 5.11. The maximum atomic E-state index is 13.6. The molecule has 1 aromatic carbocycles. The fourth-order valence-electron chi connectivity index (χ4n) is 2.07. The first-order chi connectivity index (χ1) is 7.16. The van der Waals surface area contributed by atoms with Gasteiger partial charge in [-0.25, -0.2) is 4.39 Å². The highest BCUT2D eigenvalue weighted by atomic mass is 79.9. The van der Waals surface area contributed by atoms with Crippen LogP contribution in [0.15, 0.2) is 16.6 Å². The summed E-state index contributed by atoms with van der Waals surface area (Å²) >= 11 is 3.34. The quantitative estimate of drug-likeness (QED) is 0.872. The highest BCUT2D eigenvalue weighted by Crippen LogP contribution is 2.23. The largest absolute Gasteiger partial charge is 0.316 e. The zero-order valence-electron chi connectivity index (χ0n) is 8.82. The van der Waals surface area contributed by atoms with Crippen molar-refractivity contribution in [1.82, 2.24) is 5.32 Å². The number of hydrogen-bond donors (Lipinski definition) is 1. The first kappa shape index (κ1) is 11.1. The van der Waals surface area contributed by atoms with Gasteiger partial charge in [-0.2, -0.15) is 0 Å². The van der Waals surface area contributed by atoms with Crippen molar-refractivity contribution in [3.05, 3.63) is 33.5 Å². The molecule has 0 amide bonds. The van der Waals surface area contributed by atoms with E-state index in [2.05, 4.69) is 21.2 Å². The Kier molecular flexibility index (Phi) is 3.42. The molecule has 0 spiro atoms. The Hall–Kier alpha value is -0.410. The molecule has 1 aliphatic heterocycles. The van der Waals surface area contributed by atoms with Crippen molar-refractivity contribution in [2.75, 3.05) is 13.1 Å². The molecule has 1 aromatic rings. The summed E-state index contributed by atoms with van der Waals surface area (Å²) in [7, 11) is 0. The average Bonchev–Trinajstić information content (AvgIpc) is 2.67. The molecule has 1 N–H and O–H groups in total. The molecule has 1 fully saturated rings. The Bertz CT molecular complexity index is 359. The van der Waals surface area contributed by atoms with E-state index in [0.717, 1.165) is 41.5 Å². The Morgan fingerprint density at radius 3 is 3.00 bits per heavy atom. The van der Waals surface area contributed by atoms with E-state index in [1.807, 2.05) is 13.0 Å². The lowest BCUT2D eigenvalue weighted by molar-refractivity contribution is 0.543. The second kappa shape index (κ2) is 4.62. The van der Waals surface area contributed by atoms with Crippen LogP contribution in [-0.4, -0.2) is 13.1 Å². The number of rotatable bonds is 2. The van der Waals surface area contributed by atoms with Gasteiger partial charge >= 0.3 is 0 Å². The van der Waals surface area contributed by atoms with Gasteiger partial charge in [0.2, 0.25) is 0 Å². The van der Waals surface area contributed by atoms with E-state index in [-0.39, 0.29) is 5.82 Å². The fourth-order valence-corrected chi connectivity index (χ4v) is 2.39. The SMILES string of the molecule is Cc1cc(CC2CCNC2)c(F)cc1Br. The molecule has 82 valence electrons. The van der Waals surface area contributed by atoms with Crippen molar-refractivity contribution >= 4 is 15.9 Å². The van der Waals surface area contributed by atoms with Crippen molar-refractivity contribution in [3.63, 3.8) is 0 Å². The Morgan fingerprint density at radius 2 is 2.33 bits per heavy atom. The summed E-state index contributed by atoms with van der Waals surface area (Å²) in [5.74, 6) is 0.513. The van der Waals surface area contributed by atoms with E-state index in [4.69, 9.17) is 0 Å². The molecule has 2 rings (SSSR count). The van der Waals surface area contributed by atoms with Gasteiger partial charge in [-0.05, 0) is 56.0 Å². The van der Waals surface area contributed by atoms with Crippen molar-refractivity contribution < 1.29 is 4.39 Å². The molecular formula is C12H15BrFN. The predicted molar refractivity (Wildman–Crippen MR) is 63.5 cm³/mol. The topological polar surface area (TPSA) is 12.0 Å². The molecular weight excluding hydrogens is 257 g/mol. The van der Waals surface area contributed by atoms with Crippen molar-refractivity contribution in [2.24, 2.45) is 5.92 Å². The molecule has 1 aliphatic rings. The third-order valence-corrected chi connectivity index (χ3v) is 3.85. The van der Waals surface area contributed by atoms with Crippen molar-refractivity contribution in [1.29, 1.82) is 0 Å². The second-order valence-electron chi connectivity index (χ2n) is 4.26. The Labute approximate surface area is 98.2 Å². The zero-order valence-corrected chi connectivity index (χ0v) is 10.4. The molecule has 0 bridgehead atoms. The zero-order chi connectivity index (χ0) is 10.8. The molecule has 0 saturated carbocycles. The first-order valence-electron chi connectivity index (χ1n) is 5.32. The van der Waals surface area contributed by atoms with Crippen LogP contribution in [0, 0.1) is 18.7 Å². The molecule has 0 aromatic heterocycles. The monoisotopic (exact) mass is 271 g/mol. The molecule has 1 atom stereocenters. The van der Waals surface area contributed by atoms with Gasteiger partial charge in [0.05, 0.1) is 0 Å². The number of halogens is 2. The van der Waals surface area contributed by atoms with E-state index in [9.17, 15) is 4.39 Å². The molecule has 1 unspecified atom stereocenters. The van der Waals surface area contributed by atoms with E-state index >= 15 is 0 Å². The number of nitrogens with one attached hydrogen (secondary N) is 1. The van der Waals surface area contributed by atoms with Crippen LogP contribution in [0.25, 0.3) is 0 Å². The van der Waals surface area contributed by atoms with E-state index in [0.29, 0.717) is 5.92 Å². The first-order valence-corrected chi connectivity index (χ1v) is 6.11. The fraction of sp³-hybridized carbons (Fsp3) is 0.500. The molecule has 0 aliphatic carbocycles. The number of hydrogen-bond acceptors (Lipinski definition) is 1. The summed E-state index contributed by atoms with van der Waals surface area (Å²) in [6, 6.07) is 3.53. The summed E-state index contributed by atoms with van der Waals surface area (Å²) in [4.78, 5) is 0. The van der Waals surface area contributed by atoms with Crippen LogP contribution in [0.4, 0.5) is 4.39 Å². The lowest BCUT2D eigenvalue weighted by Gasteiger charge is -2.10. The third kappa shape index (κ3) is 2.58. The Balaban J connectivity index is 2.16. The van der Waals surface area contributed by atoms with Gasteiger partial charge in [0.15, 0.2) is 0 Å². The summed E-state index contributed by atoms with van der Waals surface area (Å²) in [6.07, 6.45) is 2.02. The van der Waals surface area contributed by atoms with Crippen LogP contribution < -0.4 is 5.32 Å². The summed E-state index contributed by atoms with van der Waals surface area (Å²) in [5, 5.41) is 3.31. The normalized spacial score (nSPS) is 20.9. The van der Waals surface area contributed by atoms with Crippen LogP contribution in [0.2, 0.25) is 0 Å². The van der Waals surface area contributed by atoms with Crippen molar-refractivity contribution in [2.45, 2.75) is 19.8 Å². The summed E-state index contributed by atoms with van der Waals surface area (Å²) in [5.41, 5.74) is 1.96. The smallest absolute Gasteiger partial charge is 0.127 e. The predicted octanol–water partition coefficient (Wildman–Crippen LogP) is 3.05. The molecule has 15 heavy (non-hydrogen) atoms. The minimum absolute atomic E-state index is 0.0839. The maximum Gasteiger partial charge on any atom is 0.127 e. The van der Waals surface area contributed by atoms with Gasteiger partial charge in [-0.1, -0.05) is 22.0 Å². The summed E-state index contributed by atoms with van der Waals surface area (Å²) < 4.78 is 14.5. The van der Waals surface area contributed by atoms with E-state index < -0.39 is 0 Å². The lowest BCUT2D eigenvalue weighted by Crippen LogP contribution is -2.11. The van der Waals surface area contributed by atoms with Gasteiger partial charge in [-0.3, -0.25) is 0 Å². The average molecular weight is 272 g/mol. The molecule has 3 heteroatoms. The van der Waals surface area contributed by atoms with Gasteiger partial charge < -0.3 is 5.32 Å². The van der Waals surface area contributed by atoms with Crippen LogP contribution >= 0.6 is 15.9 Å². The van der Waals surface area contributed by atoms with Gasteiger partial charge in [0.25, 0.3) is 0 Å². The van der Waals surface area contributed by atoms with Gasteiger partial charge in [0.1, 0.15) is 5.82 Å². The van der Waals surface area contributed by atoms with E-state index in [1.165, 1.54) is 0 Å². The van der Waals surface area contributed by atoms with Crippen molar-refractivity contribution in [3.8, 4) is 0 Å². The molecule has 0 radical (unpaired) electrons. The van der Waals surface area contributed by atoms with Crippen LogP contribution in [0.5, 0.6) is 0 Å². The standard InChI is InChI=1S/C12H15BrFN/c1-8-4-10(12(14)6-11(8)13)5-9-2-3-15-7-9/h4,6,9,15H,2-3,5,7H2,1H3. The number of aryl methyl sites for hydroxylation is 1. The number of benzene rings is 1. The third-order valence-electron chi connectivity index (χ3n) is 3.00. The van der Waals surface area contributed by atoms with Crippen LogP contribution in [-0.2, 0) is 6.42 Å². The lowest BCUT2D eigenvalue weighted by atomic mass is 9.97. The molecule has 1 heterocycles. The molecule has 1 saturated heterocycles. The maximum absolute atomic E-state index is 13.6. The van der Waals surface area contributed by atoms with Crippen LogP contribution in [0.3, 0.4) is 0 Å². The van der Waals surface area contributed by atoms with Crippen LogP contribution in [0.1, 0.15) is 17.5 Å². The Morgan fingerprint density at radius 1 is 1.53 bits per heavy atom. The van der Waals surface area contributed by atoms with E-state index in [1.54, 1.807) is 6.07 Å². The van der Waals surface area contributed by atoms with Gasteiger partial charge in [-0.15, -0.1) is 0 Å².